The molecule has 3 N–H and O–H groups in total. The van der Waals surface area contributed by atoms with Crippen LogP contribution in [0.5, 0.6) is 5.75 Å². The third-order valence-corrected chi connectivity index (χ3v) is 3.91. The highest BCUT2D eigenvalue weighted by Crippen LogP contribution is 2.29. The van der Waals surface area contributed by atoms with Crippen LogP contribution in [0.1, 0.15) is 37.0 Å². The van der Waals surface area contributed by atoms with Crippen molar-refractivity contribution < 1.29 is 9.90 Å². The van der Waals surface area contributed by atoms with E-state index in [2.05, 4.69) is 24.5 Å². The fourth-order valence-corrected chi connectivity index (χ4v) is 2.56. The molecule has 1 aliphatic rings. The minimum atomic E-state index is -0.140. The van der Waals surface area contributed by atoms with Gasteiger partial charge in [0.15, 0.2) is 0 Å². The molecule has 1 aromatic rings. The molecule has 0 saturated carbocycles. The van der Waals surface area contributed by atoms with Crippen LogP contribution < -0.4 is 10.6 Å². The van der Waals surface area contributed by atoms with E-state index in [1.165, 1.54) is 18.9 Å². The van der Waals surface area contributed by atoms with Crippen LogP contribution in [-0.2, 0) is 0 Å². The number of aromatic hydroxyl groups is 1. The van der Waals surface area contributed by atoms with E-state index in [0.29, 0.717) is 18.2 Å². The van der Waals surface area contributed by atoms with Crippen molar-refractivity contribution in [3.63, 3.8) is 0 Å². The van der Waals surface area contributed by atoms with Crippen LogP contribution in [-0.4, -0.2) is 30.1 Å². The summed E-state index contributed by atoms with van der Waals surface area (Å²) in [4.78, 5) is 12.0. The zero-order valence-electron chi connectivity index (χ0n) is 11.6. The number of carbonyl (C=O) groups is 1. The summed E-state index contributed by atoms with van der Waals surface area (Å²) >= 11 is 0. The molecule has 1 atom stereocenters. The third kappa shape index (κ3) is 3.47. The van der Waals surface area contributed by atoms with Crippen molar-refractivity contribution in [2.24, 2.45) is 5.41 Å². The summed E-state index contributed by atoms with van der Waals surface area (Å²) in [5.74, 6) is -0.0251. The van der Waals surface area contributed by atoms with Gasteiger partial charge in [0.2, 0.25) is 0 Å². The Morgan fingerprint density at radius 3 is 3.00 bits per heavy atom. The number of rotatable bonds is 3. The molecule has 0 bridgehead atoms. The highest BCUT2D eigenvalue weighted by atomic mass is 16.3. The molecule has 0 radical (unpaired) electrons. The van der Waals surface area contributed by atoms with E-state index in [-0.39, 0.29) is 17.1 Å². The van der Waals surface area contributed by atoms with Gasteiger partial charge in [-0.05, 0) is 43.0 Å². The smallest absolute Gasteiger partial charge is 0.251 e. The van der Waals surface area contributed by atoms with Gasteiger partial charge >= 0.3 is 0 Å². The van der Waals surface area contributed by atoms with E-state index in [1.807, 2.05) is 0 Å². The summed E-state index contributed by atoms with van der Waals surface area (Å²) < 4.78 is 0. The zero-order valence-corrected chi connectivity index (χ0v) is 11.6. The minimum absolute atomic E-state index is 0.115. The van der Waals surface area contributed by atoms with Gasteiger partial charge in [-0.25, -0.2) is 0 Å². The maximum atomic E-state index is 12.0. The van der Waals surface area contributed by atoms with Crippen LogP contribution in [0.4, 0.5) is 0 Å². The van der Waals surface area contributed by atoms with E-state index >= 15 is 0 Å². The quantitative estimate of drug-likeness (QED) is 0.779. The Kier molecular flexibility index (Phi) is 4.10. The number of benzene rings is 1. The Labute approximate surface area is 114 Å². The summed E-state index contributed by atoms with van der Waals surface area (Å²) in [7, 11) is 0. The predicted octanol–water partition coefficient (Wildman–Crippen LogP) is 1.90. The Morgan fingerprint density at radius 2 is 2.32 bits per heavy atom. The first kappa shape index (κ1) is 13.9. The SMILES string of the molecule is CC1(C)CCCNC1CNC(=O)c1cccc(O)c1. The van der Waals surface area contributed by atoms with Gasteiger partial charge in [-0.2, -0.15) is 0 Å². The molecular weight excluding hydrogens is 240 g/mol. The first-order chi connectivity index (χ1) is 8.99. The summed E-state index contributed by atoms with van der Waals surface area (Å²) in [6.45, 7) is 6.08. The fourth-order valence-electron chi connectivity index (χ4n) is 2.56. The van der Waals surface area contributed by atoms with Crippen molar-refractivity contribution in [2.45, 2.75) is 32.7 Å². The van der Waals surface area contributed by atoms with Crippen molar-refractivity contribution in [2.75, 3.05) is 13.1 Å². The molecule has 1 aromatic carbocycles. The number of phenols is 1. The molecule has 4 heteroatoms. The third-order valence-electron chi connectivity index (χ3n) is 3.91. The first-order valence-electron chi connectivity index (χ1n) is 6.80. The number of carbonyl (C=O) groups excluding carboxylic acids is 1. The number of hydrogen-bond acceptors (Lipinski definition) is 3. The molecule has 1 saturated heterocycles. The fraction of sp³-hybridized carbons (Fsp3) is 0.533. The number of piperidine rings is 1. The highest BCUT2D eigenvalue weighted by molar-refractivity contribution is 5.94. The van der Waals surface area contributed by atoms with Crippen LogP contribution in [0.15, 0.2) is 24.3 Å². The van der Waals surface area contributed by atoms with Gasteiger partial charge in [0.05, 0.1) is 0 Å². The van der Waals surface area contributed by atoms with Gasteiger partial charge < -0.3 is 15.7 Å². The molecule has 104 valence electrons. The lowest BCUT2D eigenvalue weighted by Crippen LogP contribution is -2.52. The molecule has 0 aromatic heterocycles. The van der Waals surface area contributed by atoms with Gasteiger partial charge in [0.25, 0.3) is 5.91 Å². The van der Waals surface area contributed by atoms with E-state index in [9.17, 15) is 9.90 Å². The van der Waals surface area contributed by atoms with Gasteiger partial charge in [-0.3, -0.25) is 4.79 Å². The van der Waals surface area contributed by atoms with Crippen LogP contribution >= 0.6 is 0 Å². The second-order valence-electron chi connectivity index (χ2n) is 5.86. The number of amides is 1. The second-order valence-corrected chi connectivity index (χ2v) is 5.86. The zero-order chi connectivity index (χ0) is 13.9. The van der Waals surface area contributed by atoms with Gasteiger partial charge in [-0.15, -0.1) is 0 Å². The molecule has 1 aliphatic heterocycles. The molecule has 1 fully saturated rings. The van der Waals surface area contributed by atoms with Gasteiger partial charge in [0.1, 0.15) is 5.75 Å². The van der Waals surface area contributed by atoms with Crippen molar-refractivity contribution >= 4 is 5.91 Å². The van der Waals surface area contributed by atoms with Gasteiger partial charge in [0, 0.05) is 18.2 Å². The number of nitrogens with one attached hydrogen (secondary N) is 2. The lowest BCUT2D eigenvalue weighted by atomic mass is 9.77. The molecule has 1 heterocycles. The Bertz CT molecular complexity index is 457. The summed E-state index contributed by atoms with van der Waals surface area (Å²) in [5.41, 5.74) is 0.693. The maximum Gasteiger partial charge on any atom is 0.251 e. The number of phenolic OH excluding ortho intramolecular Hbond substituents is 1. The highest BCUT2D eigenvalue weighted by Gasteiger charge is 2.31. The second kappa shape index (κ2) is 5.61. The van der Waals surface area contributed by atoms with Crippen LogP contribution in [0.2, 0.25) is 0 Å². The van der Waals surface area contributed by atoms with Crippen LogP contribution in [0.3, 0.4) is 0 Å². The van der Waals surface area contributed by atoms with E-state index < -0.39 is 0 Å². The maximum absolute atomic E-state index is 12.0. The molecule has 0 aliphatic carbocycles. The molecule has 19 heavy (non-hydrogen) atoms. The van der Waals surface area contributed by atoms with Crippen molar-refractivity contribution in [1.82, 2.24) is 10.6 Å². The van der Waals surface area contributed by atoms with Crippen LogP contribution in [0.25, 0.3) is 0 Å². The van der Waals surface area contributed by atoms with E-state index in [1.54, 1.807) is 18.2 Å². The summed E-state index contributed by atoms with van der Waals surface area (Å²) in [6.07, 6.45) is 2.36. The van der Waals surface area contributed by atoms with Crippen molar-refractivity contribution in [3.8, 4) is 5.75 Å². The number of hydrogen-bond donors (Lipinski definition) is 3. The average molecular weight is 262 g/mol. The average Bonchev–Trinajstić information content (AvgIpc) is 2.36. The Morgan fingerprint density at radius 1 is 1.53 bits per heavy atom. The van der Waals surface area contributed by atoms with Crippen LogP contribution in [0, 0.1) is 5.41 Å². The largest absolute Gasteiger partial charge is 0.508 e. The Hall–Kier alpha value is -1.55. The van der Waals surface area contributed by atoms with Gasteiger partial charge in [-0.1, -0.05) is 19.9 Å². The Balaban J connectivity index is 1.93. The molecule has 0 spiro atoms. The summed E-state index contributed by atoms with van der Waals surface area (Å²) in [6, 6.07) is 6.71. The standard InChI is InChI=1S/C15H22N2O2/c1-15(2)7-4-8-16-13(15)10-17-14(19)11-5-3-6-12(18)9-11/h3,5-6,9,13,16,18H,4,7-8,10H2,1-2H3,(H,17,19). The molecular formula is C15H22N2O2. The predicted molar refractivity (Wildman–Crippen MR) is 75.2 cm³/mol. The lowest BCUT2D eigenvalue weighted by Gasteiger charge is -2.39. The normalized spacial score (nSPS) is 21.9. The van der Waals surface area contributed by atoms with Crippen molar-refractivity contribution in [1.29, 1.82) is 0 Å². The summed E-state index contributed by atoms with van der Waals surface area (Å²) in [5, 5.41) is 15.8. The molecule has 1 unspecified atom stereocenters. The van der Waals surface area contributed by atoms with E-state index in [0.717, 1.165) is 6.54 Å². The van der Waals surface area contributed by atoms with Crippen molar-refractivity contribution in [3.05, 3.63) is 29.8 Å². The molecule has 1 amide bonds. The molecule has 4 nitrogen and oxygen atoms in total. The first-order valence-corrected chi connectivity index (χ1v) is 6.80. The minimum Gasteiger partial charge on any atom is -0.508 e. The molecule has 2 rings (SSSR count). The topological polar surface area (TPSA) is 61.4 Å². The lowest BCUT2D eigenvalue weighted by molar-refractivity contribution is 0.0928. The van der Waals surface area contributed by atoms with E-state index in [4.69, 9.17) is 0 Å². The monoisotopic (exact) mass is 262 g/mol.